The van der Waals surface area contributed by atoms with E-state index in [4.69, 9.17) is 4.98 Å². The third-order valence-electron chi connectivity index (χ3n) is 4.95. The average molecular weight is 447 g/mol. The molecule has 2 amide bonds. The summed E-state index contributed by atoms with van der Waals surface area (Å²) in [7, 11) is 0. The third-order valence-corrected chi connectivity index (χ3v) is 4.95. The second-order valence-corrected chi connectivity index (χ2v) is 7.70. The maximum Gasteiger partial charge on any atom is 0.251 e. The van der Waals surface area contributed by atoms with Gasteiger partial charge in [-0.05, 0) is 26.0 Å². The lowest BCUT2D eigenvalue weighted by molar-refractivity contribution is -0.118. The molecule has 0 aliphatic rings. The minimum Gasteiger partial charge on any atom is -0.368 e. The molecular weight excluding hydrogens is 416 g/mol. The van der Waals surface area contributed by atoms with E-state index >= 15 is 0 Å². The fraction of sp³-hybridized carbons (Fsp3) is 0.280. The Balaban J connectivity index is 1.68. The first-order valence-electron chi connectivity index (χ1n) is 10.9. The first-order chi connectivity index (χ1) is 15.9. The van der Waals surface area contributed by atoms with Crippen LogP contribution in [0.5, 0.6) is 0 Å². The van der Waals surface area contributed by atoms with Crippen molar-refractivity contribution in [2.45, 2.75) is 20.8 Å². The molecule has 0 aliphatic carbocycles. The third kappa shape index (κ3) is 7.03. The largest absolute Gasteiger partial charge is 0.368 e. The van der Waals surface area contributed by atoms with Gasteiger partial charge in [0.25, 0.3) is 5.91 Å². The molecule has 4 N–H and O–H groups in total. The maximum absolute atomic E-state index is 12.4. The van der Waals surface area contributed by atoms with E-state index in [1.807, 2.05) is 62.4 Å². The lowest BCUT2D eigenvalue weighted by Gasteiger charge is -2.16. The van der Waals surface area contributed by atoms with Gasteiger partial charge in [0, 0.05) is 49.8 Å². The molecule has 0 saturated heterocycles. The normalized spacial score (nSPS) is 10.4. The predicted molar refractivity (Wildman–Crippen MR) is 131 cm³/mol. The number of hydrogen-bond donors (Lipinski definition) is 4. The van der Waals surface area contributed by atoms with E-state index in [0.29, 0.717) is 49.2 Å². The van der Waals surface area contributed by atoms with Crippen LogP contribution in [0.2, 0.25) is 0 Å². The Morgan fingerprint density at radius 1 is 0.788 bits per heavy atom. The number of nitrogens with zero attached hydrogens (tertiary/aromatic N) is 2. The summed E-state index contributed by atoms with van der Waals surface area (Å²) in [4.78, 5) is 32.9. The van der Waals surface area contributed by atoms with Gasteiger partial charge in [0.1, 0.15) is 11.6 Å². The Labute approximate surface area is 194 Å². The summed E-state index contributed by atoms with van der Waals surface area (Å²) in [6, 6.07) is 17.2. The van der Waals surface area contributed by atoms with E-state index in [1.54, 1.807) is 6.07 Å². The Morgan fingerprint density at radius 2 is 1.42 bits per heavy atom. The number of rotatable bonds is 10. The van der Waals surface area contributed by atoms with E-state index in [0.717, 1.165) is 16.7 Å². The molecule has 0 bridgehead atoms. The maximum atomic E-state index is 12.4. The van der Waals surface area contributed by atoms with E-state index < -0.39 is 0 Å². The highest BCUT2D eigenvalue weighted by Crippen LogP contribution is 2.24. The van der Waals surface area contributed by atoms with Crippen LogP contribution in [0.25, 0.3) is 11.4 Å². The zero-order valence-corrected chi connectivity index (χ0v) is 19.2. The van der Waals surface area contributed by atoms with Gasteiger partial charge in [-0.3, -0.25) is 9.59 Å². The number of amides is 2. The molecule has 0 spiro atoms. The second kappa shape index (κ2) is 11.6. The average Bonchev–Trinajstić information content (AvgIpc) is 2.81. The van der Waals surface area contributed by atoms with Gasteiger partial charge in [-0.1, -0.05) is 48.0 Å². The number of aryl methyl sites for hydroxylation is 1. The van der Waals surface area contributed by atoms with Crippen LogP contribution < -0.4 is 21.3 Å². The highest BCUT2D eigenvalue weighted by molar-refractivity contribution is 5.94. The molecular formula is C25H30N6O2. The van der Waals surface area contributed by atoms with Gasteiger partial charge in [-0.2, -0.15) is 0 Å². The van der Waals surface area contributed by atoms with E-state index in [9.17, 15) is 9.59 Å². The van der Waals surface area contributed by atoms with Crippen LogP contribution in [0.1, 0.15) is 28.4 Å². The molecule has 33 heavy (non-hydrogen) atoms. The molecule has 0 saturated carbocycles. The highest BCUT2D eigenvalue weighted by Gasteiger charge is 2.12. The lowest BCUT2D eigenvalue weighted by Crippen LogP contribution is -2.29. The molecule has 0 unspecified atom stereocenters. The van der Waals surface area contributed by atoms with Gasteiger partial charge < -0.3 is 21.3 Å². The standard InChI is InChI=1S/C25H30N6O2/c1-17-8-7-11-21(16-17)25(33)29-15-14-28-23-18(2)22(27-13-12-26-19(3)32)30-24(31-23)20-9-5-4-6-10-20/h4-11,16H,12-15H2,1-3H3,(H,26,32)(H,29,33)(H2,27,28,30,31). The van der Waals surface area contributed by atoms with Crippen LogP contribution in [0, 0.1) is 13.8 Å². The summed E-state index contributed by atoms with van der Waals surface area (Å²) in [5.74, 6) is 1.80. The van der Waals surface area contributed by atoms with Crippen LogP contribution in [0.3, 0.4) is 0 Å². The van der Waals surface area contributed by atoms with Crippen LogP contribution in [-0.4, -0.2) is 48.0 Å². The molecule has 1 heterocycles. The number of aromatic nitrogens is 2. The van der Waals surface area contributed by atoms with Crippen molar-refractivity contribution >= 4 is 23.5 Å². The zero-order chi connectivity index (χ0) is 23.6. The summed E-state index contributed by atoms with van der Waals surface area (Å²) in [5, 5.41) is 12.3. The molecule has 8 heteroatoms. The molecule has 172 valence electrons. The van der Waals surface area contributed by atoms with Crippen molar-refractivity contribution in [3.8, 4) is 11.4 Å². The number of carbonyl (C=O) groups excluding carboxylic acids is 2. The minimum atomic E-state index is -0.106. The monoisotopic (exact) mass is 446 g/mol. The van der Waals surface area contributed by atoms with Crippen LogP contribution in [0.15, 0.2) is 54.6 Å². The molecule has 0 aliphatic heterocycles. The highest BCUT2D eigenvalue weighted by atomic mass is 16.2. The lowest BCUT2D eigenvalue weighted by atomic mass is 10.1. The quantitative estimate of drug-likeness (QED) is 0.356. The number of benzene rings is 2. The van der Waals surface area contributed by atoms with Crippen LogP contribution in [0.4, 0.5) is 11.6 Å². The SMILES string of the molecule is CC(=O)NCCNc1nc(-c2ccccc2)nc(NCCNC(=O)c2cccc(C)c2)c1C. The molecule has 0 radical (unpaired) electrons. The van der Waals surface area contributed by atoms with Crippen molar-refractivity contribution in [1.29, 1.82) is 0 Å². The van der Waals surface area contributed by atoms with Crippen molar-refractivity contribution in [1.82, 2.24) is 20.6 Å². The Hall–Kier alpha value is -3.94. The zero-order valence-electron chi connectivity index (χ0n) is 19.2. The van der Waals surface area contributed by atoms with Crippen LogP contribution >= 0.6 is 0 Å². The van der Waals surface area contributed by atoms with E-state index in [2.05, 4.69) is 26.3 Å². The van der Waals surface area contributed by atoms with Gasteiger partial charge in [0.15, 0.2) is 5.82 Å². The van der Waals surface area contributed by atoms with Crippen molar-refractivity contribution in [3.05, 3.63) is 71.3 Å². The summed E-state index contributed by atoms with van der Waals surface area (Å²) in [5.41, 5.74) is 3.45. The number of nitrogens with one attached hydrogen (secondary N) is 4. The number of anilines is 2. The van der Waals surface area contributed by atoms with Gasteiger partial charge in [-0.15, -0.1) is 0 Å². The first-order valence-corrected chi connectivity index (χ1v) is 10.9. The fourth-order valence-electron chi connectivity index (χ4n) is 3.24. The molecule has 8 nitrogen and oxygen atoms in total. The molecule has 2 aromatic carbocycles. The first kappa shape index (κ1) is 23.7. The Kier molecular flexibility index (Phi) is 8.35. The van der Waals surface area contributed by atoms with Gasteiger partial charge >= 0.3 is 0 Å². The van der Waals surface area contributed by atoms with Gasteiger partial charge in [-0.25, -0.2) is 9.97 Å². The summed E-state index contributed by atoms with van der Waals surface area (Å²) in [6.07, 6.45) is 0. The fourth-order valence-corrected chi connectivity index (χ4v) is 3.24. The molecule has 0 fully saturated rings. The van der Waals surface area contributed by atoms with Gasteiger partial charge in [0.2, 0.25) is 5.91 Å². The smallest absolute Gasteiger partial charge is 0.251 e. The topological polar surface area (TPSA) is 108 Å². The molecule has 3 rings (SSSR count). The summed E-state index contributed by atoms with van der Waals surface area (Å²) >= 11 is 0. The van der Waals surface area contributed by atoms with Gasteiger partial charge in [0.05, 0.1) is 0 Å². The van der Waals surface area contributed by atoms with E-state index in [-0.39, 0.29) is 11.8 Å². The van der Waals surface area contributed by atoms with Crippen molar-refractivity contribution in [3.63, 3.8) is 0 Å². The van der Waals surface area contributed by atoms with Crippen molar-refractivity contribution in [2.24, 2.45) is 0 Å². The second-order valence-electron chi connectivity index (χ2n) is 7.70. The number of hydrogen-bond acceptors (Lipinski definition) is 6. The van der Waals surface area contributed by atoms with E-state index in [1.165, 1.54) is 6.92 Å². The number of carbonyl (C=O) groups is 2. The predicted octanol–water partition coefficient (Wildman–Crippen LogP) is 3.15. The molecule has 3 aromatic rings. The molecule has 1 aromatic heterocycles. The van der Waals surface area contributed by atoms with Crippen molar-refractivity contribution < 1.29 is 9.59 Å². The Morgan fingerprint density at radius 3 is 2.03 bits per heavy atom. The summed E-state index contributed by atoms with van der Waals surface area (Å²) < 4.78 is 0. The minimum absolute atomic E-state index is 0.0729. The van der Waals surface area contributed by atoms with Crippen LogP contribution in [-0.2, 0) is 4.79 Å². The Bertz CT molecular complexity index is 1100. The molecule has 0 atom stereocenters. The summed E-state index contributed by atoms with van der Waals surface area (Å²) in [6.45, 7) is 7.37. The van der Waals surface area contributed by atoms with Crippen molar-refractivity contribution in [2.75, 3.05) is 36.8 Å².